The van der Waals surface area contributed by atoms with Crippen molar-refractivity contribution in [3.8, 4) is 0 Å². The van der Waals surface area contributed by atoms with E-state index in [0.717, 1.165) is 0 Å². The molecule has 0 aromatic carbocycles. The summed E-state index contributed by atoms with van der Waals surface area (Å²) < 4.78 is 5.37. The molecule has 1 aromatic heterocycles. The van der Waals surface area contributed by atoms with E-state index in [0.29, 0.717) is 50.8 Å². The molecule has 28 heavy (non-hydrogen) atoms. The van der Waals surface area contributed by atoms with Crippen LogP contribution in [0.25, 0.3) is 0 Å². The summed E-state index contributed by atoms with van der Waals surface area (Å²) in [6.45, 7) is 8.55. The number of hydrogen-bond donors (Lipinski definition) is 2. The third kappa shape index (κ3) is 7.87. The van der Waals surface area contributed by atoms with Gasteiger partial charge in [-0.1, -0.05) is 0 Å². The van der Waals surface area contributed by atoms with Crippen molar-refractivity contribution in [3.05, 3.63) is 30.1 Å². The average molecular weight is 504 g/mol. The van der Waals surface area contributed by atoms with Gasteiger partial charge in [0.1, 0.15) is 5.60 Å². The molecular formula is C18H29IN6O3. The number of piperazine rings is 1. The molecule has 1 fully saturated rings. The van der Waals surface area contributed by atoms with Crippen LogP contribution in [-0.4, -0.2) is 77.6 Å². The predicted octanol–water partition coefficient (Wildman–Crippen LogP) is 1.30. The van der Waals surface area contributed by atoms with Crippen molar-refractivity contribution < 1.29 is 14.3 Å². The monoisotopic (exact) mass is 504 g/mol. The van der Waals surface area contributed by atoms with E-state index in [2.05, 4.69) is 15.3 Å². The Kier molecular flexibility index (Phi) is 9.42. The molecule has 1 aliphatic heterocycles. The molecule has 3 N–H and O–H groups in total. The van der Waals surface area contributed by atoms with Gasteiger partial charge < -0.3 is 25.6 Å². The first kappa shape index (κ1) is 23.9. The fourth-order valence-electron chi connectivity index (χ4n) is 2.48. The Labute approximate surface area is 182 Å². The van der Waals surface area contributed by atoms with Gasteiger partial charge in [-0.25, -0.2) is 4.79 Å². The molecule has 2 heterocycles. The zero-order valence-corrected chi connectivity index (χ0v) is 18.9. The summed E-state index contributed by atoms with van der Waals surface area (Å²) in [5.41, 5.74) is 6.02. The number of carbonyl (C=O) groups excluding carboxylic acids is 2. The third-order valence-electron chi connectivity index (χ3n) is 3.85. The van der Waals surface area contributed by atoms with Crippen LogP contribution < -0.4 is 11.1 Å². The first-order chi connectivity index (χ1) is 12.8. The molecule has 1 aromatic rings. The van der Waals surface area contributed by atoms with Gasteiger partial charge in [-0.2, -0.15) is 0 Å². The Balaban J connectivity index is 0.00000392. The lowest BCUT2D eigenvalue weighted by molar-refractivity contribution is 0.0186. The van der Waals surface area contributed by atoms with E-state index in [4.69, 9.17) is 10.5 Å². The van der Waals surface area contributed by atoms with Crippen LogP contribution in [-0.2, 0) is 4.74 Å². The zero-order valence-electron chi connectivity index (χ0n) is 16.6. The molecule has 0 unspecified atom stereocenters. The van der Waals surface area contributed by atoms with Gasteiger partial charge in [-0.3, -0.25) is 14.8 Å². The number of pyridine rings is 1. The van der Waals surface area contributed by atoms with E-state index in [-0.39, 0.29) is 36.0 Å². The van der Waals surface area contributed by atoms with E-state index in [9.17, 15) is 9.59 Å². The third-order valence-corrected chi connectivity index (χ3v) is 3.85. The maximum atomic E-state index is 12.1. The second kappa shape index (κ2) is 11.0. The molecule has 1 saturated heterocycles. The molecule has 10 heteroatoms. The molecule has 0 radical (unpaired) electrons. The number of aliphatic imine (C=N–C) groups is 1. The van der Waals surface area contributed by atoms with Crippen LogP contribution >= 0.6 is 24.0 Å². The van der Waals surface area contributed by atoms with Crippen molar-refractivity contribution in [3.63, 3.8) is 0 Å². The maximum Gasteiger partial charge on any atom is 0.410 e. The van der Waals surface area contributed by atoms with Gasteiger partial charge >= 0.3 is 6.09 Å². The van der Waals surface area contributed by atoms with Gasteiger partial charge in [-0.15, -0.1) is 24.0 Å². The highest BCUT2D eigenvalue weighted by atomic mass is 127. The molecule has 2 amide bonds. The Morgan fingerprint density at radius 3 is 2.46 bits per heavy atom. The standard InChI is InChI=1S/C18H28N6O3.HI/c1-18(2,3)27-17(26)24-11-9-23(10-12-24)16(19)22-8-7-21-15(25)14-5-4-6-20-13-14;/h4-6,13H,7-12H2,1-3H3,(H2,19,22)(H,21,25);1H. The first-order valence-corrected chi connectivity index (χ1v) is 8.97. The number of nitrogens with zero attached hydrogens (tertiary/aromatic N) is 4. The van der Waals surface area contributed by atoms with Crippen LogP contribution in [0, 0.1) is 0 Å². The summed E-state index contributed by atoms with van der Waals surface area (Å²) in [5, 5.41) is 2.77. The molecular weight excluding hydrogens is 475 g/mol. The van der Waals surface area contributed by atoms with E-state index in [1.165, 1.54) is 6.20 Å². The van der Waals surface area contributed by atoms with Crippen molar-refractivity contribution >= 4 is 41.9 Å². The SMILES string of the molecule is CC(C)(C)OC(=O)N1CCN(C(N)=NCCNC(=O)c2cccnc2)CC1.I. The van der Waals surface area contributed by atoms with Gasteiger partial charge in [-0.05, 0) is 32.9 Å². The van der Waals surface area contributed by atoms with Gasteiger partial charge in [0.25, 0.3) is 5.91 Å². The number of halogens is 1. The number of carbonyl (C=O) groups is 2. The van der Waals surface area contributed by atoms with Crippen molar-refractivity contribution in [1.29, 1.82) is 0 Å². The molecule has 0 aliphatic carbocycles. The molecule has 1 aliphatic rings. The van der Waals surface area contributed by atoms with E-state index < -0.39 is 5.60 Å². The second-order valence-corrected chi connectivity index (χ2v) is 7.19. The minimum absolute atomic E-state index is 0. The average Bonchev–Trinajstić information content (AvgIpc) is 2.64. The number of hydrogen-bond acceptors (Lipinski definition) is 5. The number of nitrogens with one attached hydrogen (secondary N) is 1. The Bertz CT molecular complexity index is 670. The van der Waals surface area contributed by atoms with E-state index in [1.54, 1.807) is 23.2 Å². The highest BCUT2D eigenvalue weighted by molar-refractivity contribution is 14.0. The van der Waals surface area contributed by atoms with Gasteiger partial charge in [0.15, 0.2) is 5.96 Å². The fraction of sp³-hybridized carbons (Fsp3) is 0.556. The summed E-state index contributed by atoms with van der Waals surface area (Å²) in [6.07, 6.45) is 2.82. The highest BCUT2D eigenvalue weighted by Gasteiger charge is 2.26. The largest absolute Gasteiger partial charge is 0.444 e. The first-order valence-electron chi connectivity index (χ1n) is 8.97. The van der Waals surface area contributed by atoms with Gasteiger partial charge in [0, 0.05) is 45.1 Å². The Morgan fingerprint density at radius 1 is 1.25 bits per heavy atom. The number of ether oxygens (including phenoxy) is 1. The van der Waals surface area contributed by atoms with Crippen molar-refractivity contribution in [1.82, 2.24) is 20.1 Å². The quantitative estimate of drug-likeness (QED) is 0.277. The summed E-state index contributed by atoms with van der Waals surface area (Å²) in [4.78, 5) is 35.8. The van der Waals surface area contributed by atoms with Crippen molar-refractivity contribution in [2.24, 2.45) is 10.7 Å². The lowest BCUT2D eigenvalue weighted by Gasteiger charge is -2.36. The predicted molar refractivity (Wildman–Crippen MR) is 118 cm³/mol. The van der Waals surface area contributed by atoms with Crippen LogP contribution in [0.5, 0.6) is 0 Å². The molecule has 0 bridgehead atoms. The lowest BCUT2D eigenvalue weighted by atomic mass is 10.2. The molecule has 2 rings (SSSR count). The number of nitrogens with two attached hydrogens (primary N) is 1. The second-order valence-electron chi connectivity index (χ2n) is 7.19. The fourth-order valence-corrected chi connectivity index (χ4v) is 2.48. The number of guanidine groups is 1. The van der Waals surface area contributed by atoms with E-state index >= 15 is 0 Å². The van der Waals surface area contributed by atoms with Crippen LogP contribution in [0.1, 0.15) is 31.1 Å². The minimum Gasteiger partial charge on any atom is -0.444 e. The number of aromatic nitrogens is 1. The van der Waals surface area contributed by atoms with Crippen LogP contribution in [0.3, 0.4) is 0 Å². The highest BCUT2D eigenvalue weighted by Crippen LogP contribution is 2.11. The van der Waals surface area contributed by atoms with E-state index in [1.807, 2.05) is 25.7 Å². The lowest BCUT2D eigenvalue weighted by Crippen LogP contribution is -2.53. The number of rotatable bonds is 4. The zero-order chi connectivity index (χ0) is 19.9. The van der Waals surface area contributed by atoms with Crippen LogP contribution in [0.4, 0.5) is 4.79 Å². The van der Waals surface area contributed by atoms with Crippen LogP contribution in [0.2, 0.25) is 0 Å². The maximum absolute atomic E-state index is 12.1. The van der Waals surface area contributed by atoms with Crippen LogP contribution in [0.15, 0.2) is 29.5 Å². The normalized spacial score (nSPS) is 14.9. The summed E-state index contributed by atoms with van der Waals surface area (Å²) >= 11 is 0. The molecule has 0 saturated carbocycles. The summed E-state index contributed by atoms with van der Waals surface area (Å²) in [5.74, 6) is 0.220. The smallest absolute Gasteiger partial charge is 0.410 e. The number of amides is 2. The van der Waals surface area contributed by atoms with Crippen molar-refractivity contribution in [2.75, 3.05) is 39.3 Å². The minimum atomic E-state index is -0.505. The van der Waals surface area contributed by atoms with Gasteiger partial charge in [0.05, 0.1) is 12.1 Å². The molecule has 0 spiro atoms. The Hall–Kier alpha value is -2.11. The van der Waals surface area contributed by atoms with Crippen molar-refractivity contribution in [2.45, 2.75) is 26.4 Å². The summed E-state index contributed by atoms with van der Waals surface area (Å²) in [7, 11) is 0. The molecule has 0 atom stereocenters. The Morgan fingerprint density at radius 2 is 1.89 bits per heavy atom. The topological polar surface area (TPSA) is 113 Å². The summed E-state index contributed by atoms with van der Waals surface area (Å²) in [6, 6.07) is 3.41. The molecule has 156 valence electrons. The molecule has 9 nitrogen and oxygen atoms in total. The van der Waals surface area contributed by atoms with Gasteiger partial charge in [0.2, 0.25) is 0 Å².